The van der Waals surface area contributed by atoms with Gasteiger partial charge in [0.05, 0.1) is 12.1 Å². The summed E-state index contributed by atoms with van der Waals surface area (Å²) < 4.78 is 0. The fraction of sp³-hybridized carbons (Fsp3) is 0.409. The SMILES string of the molecule is [C-]#[N+]c1ccc2c3c([nH]c2c1)C(C)(C)c1cc(N2CCN(C(=O)CCCCCNc4cccc5c4CN(C4CCC(=O)NC4=O)C5=O)CC2)c(CC)cc1C3=O. The summed E-state index contributed by atoms with van der Waals surface area (Å²) in [6.07, 6.45) is 4.38. The number of carbonyl (C=O) groups is 5. The van der Waals surface area contributed by atoms with Crippen molar-refractivity contribution < 1.29 is 24.0 Å². The first-order chi connectivity index (χ1) is 27.0. The molecule has 4 aliphatic rings. The molecule has 3 N–H and O–H groups in total. The third kappa shape index (κ3) is 6.38. The lowest BCUT2D eigenvalue weighted by atomic mass is 9.70. The van der Waals surface area contributed by atoms with Crippen LogP contribution in [0.15, 0.2) is 48.5 Å². The van der Waals surface area contributed by atoms with Gasteiger partial charge in [0.25, 0.3) is 5.91 Å². The average Bonchev–Trinajstić information content (AvgIpc) is 3.76. The van der Waals surface area contributed by atoms with Gasteiger partial charge in [0.15, 0.2) is 11.5 Å². The molecule has 2 fully saturated rings. The summed E-state index contributed by atoms with van der Waals surface area (Å²) in [6, 6.07) is 14.7. The summed E-state index contributed by atoms with van der Waals surface area (Å²) in [4.78, 5) is 77.5. The second kappa shape index (κ2) is 14.6. The quantitative estimate of drug-likeness (QED) is 0.0992. The van der Waals surface area contributed by atoms with Crippen molar-refractivity contribution in [3.8, 4) is 0 Å². The molecule has 3 aliphatic heterocycles. The van der Waals surface area contributed by atoms with Crippen LogP contribution in [0.1, 0.15) is 108 Å². The first-order valence-electron chi connectivity index (χ1n) is 19.8. The van der Waals surface area contributed by atoms with Crippen molar-refractivity contribution in [3.05, 3.63) is 99.0 Å². The number of carbonyl (C=O) groups excluding carboxylic acids is 5. The van der Waals surface area contributed by atoms with Crippen molar-refractivity contribution in [1.29, 1.82) is 0 Å². The molecular weight excluding hydrogens is 707 g/mol. The third-order valence-corrected chi connectivity index (χ3v) is 12.2. The molecule has 1 aliphatic carbocycles. The number of anilines is 2. The molecular formula is C44H47N7O5. The Balaban J connectivity index is 0.837. The predicted molar refractivity (Wildman–Crippen MR) is 214 cm³/mol. The van der Waals surface area contributed by atoms with Gasteiger partial charge in [0, 0.05) is 102 Å². The molecule has 288 valence electrons. The zero-order chi connectivity index (χ0) is 39.3. The zero-order valence-electron chi connectivity index (χ0n) is 32.2. The van der Waals surface area contributed by atoms with Gasteiger partial charge in [-0.2, -0.15) is 0 Å². The van der Waals surface area contributed by atoms with Crippen molar-refractivity contribution in [1.82, 2.24) is 20.1 Å². The van der Waals surface area contributed by atoms with Crippen LogP contribution in [0.5, 0.6) is 0 Å². The van der Waals surface area contributed by atoms with E-state index in [4.69, 9.17) is 6.57 Å². The van der Waals surface area contributed by atoms with Gasteiger partial charge in [0.2, 0.25) is 17.7 Å². The van der Waals surface area contributed by atoms with Crippen LogP contribution in [-0.4, -0.2) is 83.0 Å². The number of hydrogen-bond acceptors (Lipinski definition) is 7. The van der Waals surface area contributed by atoms with Gasteiger partial charge in [-0.1, -0.05) is 45.4 Å². The van der Waals surface area contributed by atoms with Crippen LogP contribution in [0.25, 0.3) is 15.7 Å². The van der Waals surface area contributed by atoms with E-state index in [-0.39, 0.29) is 29.9 Å². The number of nitrogens with zero attached hydrogens (tertiary/aromatic N) is 4. The Bertz CT molecular complexity index is 2350. The van der Waals surface area contributed by atoms with Crippen LogP contribution in [0.2, 0.25) is 0 Å². The Morgan fingerprint density at radius 3 is 2.54 bits per heavy atom. The van der Waals surface area contributed by atoms with Crippen molar-refractivity contribution in [3.63, 3.8) is 0 Å². The van der Waals surface area contributed by atoms with E-state index in [1.54, 1.807) is 17.0 Å². The highest BCUT2D eigenvalue weighted by molar-refractivity contribution is 6.20. The summed E-state index contributed by atoms with van der Waals surface area (Å²) in [5.74, 6) is -0.716. The van der Waals surface area contributed by atoms with Gasteiger partial charge >= 0.3 is 0 Å². The molecule has 0 bridgehead atoms. The lowest BCUT2D eigenvalue weighted by Gasteiger charge is -2.39. The van der Waals surface area contributed by atoms with Crippen molar-refractivity contribution >= 4 is 57.4 Å². The summed E-state index contributed by atoms with van der Waals surface area (Å²) in [7, 11) is 0. The zero-order valence-corrected chi connectivity index (χ0v) is 32.2. The molecule has 8 rings (SSSR count). The van der Waals surface area contributed by atoms with E-state index in [2.05, 4.69) is 58.3 Å². The molecule has 12 heteroatoms. The summed E-state index contributed by atoms with van der Waals surface area (Å²) >= 11 is 0. The van der Waals surface area contributed by atoms with Crippen LogP contribution in [-0.2, 0) is 32.8 Å². The highest BCUT2D eigenvalue weighted by Crippen LogP contribution is 2.46. The van der Waals surface area contributed by atoms with Gasteiger partial charge < -0.3 is 25.0 Å². The molecule has 56 heavy (non-hydrogen) atoms. The smallest absolute Gasteiger partial charge is 0.255 e. The standard InChI is InChI=1S/C44H47N7O5/c1-5-26-22-30-32(44(2,3)41-39(40(30)54)29-14-13-27(45-4)23-34(29)47-41)24-36(26)49-18-20-50(21-19-49)38(53)12-7-6-8-17-46-33-11-9-10-28-31(33)25-51(43(28)56)35-15-16-37(52)48-42(35)55/h9-11,13-14,22-24,35,46-47H,5-8,12,15-21,25H2,1-3H3,(H,48,52,55). The van der Waals surface area contributed by atoms with Crippen molar-refractivity contribution in [2.24, 2.45) is 0 Å². The Morgan fingerprint density at radius 2 is 1.79 bits per heavy atom. The number of hydrogen-bond donors (Lipinski definition) is 3. The van der Waals surface area contributed by atoms with Crippen molar-refractivity contribution in [2.75, 3.05) is 42.9 Å². The summed E-state index contributed by atoms with van der Waals surface area (Å²) in [5, 5.41) is 6.67. The van der Waals surface area contributed by atoms with Gasteiger partial charge in [0.1, 0.15) is 6.04 Å². The summed E-state index contributed by atoms with van der Waals surface area (Å²) in [6.45, 7) is 17.6. The molecule has 4 aromatic rings. The maximum absolute atomic E-state index is 14.1. The summed E-state index contributed by atoms with van der Waals surface area (Å²) in [5.41, 5.74) is 8.78. The minimum atomic E-state index is -0.643. The third-order valence-electron chi connectivity index (χ3n) is 12.2. The minimum Gasteiger partial charge on any atom is -0.385 e. The van der Waals surface area contributed by atoms with E-state index < -0.39 is 17.4 Å². The highest BCUT2D eigenvalue weighted by atomic mass is 16.2. The molecule has 1 unspecified atom stereocenters. The maximum Gasteiger partial charge on any atom is 0.255 e. The van der Waals surface area contributed by atoms with Crippen molar-refractivity contribution in [2.45, 2.75) is 83.7 Å². The molecule has 0 saturated carbocycles. The number of fused-ring (bicyclic) bond motifs is 5. The van der Waals surface area contributed by atoms with Gasteiger partial charge in [-0.25, -0.2) is 4.85 Å². The topological polar surface area (TPSA) is 139 Å². The van der Waals surface area contributed by atoms with Crippen LogP contribution < -0.4 is 15.5 Å². The lowest BCUT2D eigenvalue weighted by molar-refractivity contribution is -0.137. The number of rotatable bonds is 10. The number of benzene rings is 3. The van der Waals surface area contributed by atoms with E-state index in [9.17, 15) is 24.0 Å². The van der Waals surface area contributed by atoms with Crippen LogP contribution in [0.3, 0.4) is 0 Å². The number of H-pyrrole nitrogens is 1. The Morgan fingerprint density at radius 1 is 0.982 bits per heavy atom. The van der Waals surface area contributed by atoms with E-state index in [1.165, 1.54) is 0 Å². The second-order valence-corrected chi connectivity index (χ2v) is 15.9. The van der Waals surface area contributed by atoms with E-state index in [0.29, 0.717) is 55.8 Å². The number of piperidine rings is 1. The maximum atomic E-state index is 14.1. The van der Waals surface area contributed by atoms with Gasteiger partial charge in [-0.05, 0) is 67.1 Å². The normalized spacial score (nSPS) is 18.8. The molecule has 12 nitrogen and oxygen atoms in total. The van der Waals surface area contributed by atoms with Crippen LogP contribution in [0.4, 0.5) is 17.1 Å². The van der Waals surface area contributed by atoms with E-state index >= 15 is 0 Å². The second-order valence-electron chi connectivity index (χ2n) is 15.9. The first-order valence-corrected chi connectivity index (χ1v) is 19.8. The molecule has 4 amide bonds. The predicted octanol–water partition coefficient (Wildman–Crippen LogP) is 6.23. The fourth-order valence-electron chi connectivity index (χ4n) is 9.05. The van der Waals surface area contributed by atoms with Crippen LogP contribution >= 0.6 is 0 Å². The largest absolute Gasteiger partial charge is 0.385 e. The number of amides is 4. The molecule has 0 spiro atoms. The number of aromatic amines is 1. The molecule has 2 saturated heterocycles. The molecule has 1 aromatic heterocycles. The highest BCUT2D eigenvalue weighted by Gasteiger charge is 2.42. The van der Waals surface area contributed by atoms with Gasteiger partial charge in [-0.15, -0.1) is 0 Å². The lowest BCUT2D eigenvalue weighted by Crippen LogP contribution is -2.52. The average molecular weight is 754 g/mol. The number of piperazine rings is 1. The number of aromatic nitrogens is 1. The molecule has 4 heterocycles. The van der Waals surface area contributed by atoms with E-state index in [1.807, 2.05) is 29.2 Å². The van der Waals surface area contributed by atoms with Gasteiger partial charge in [-0.3, -0.25) is 29.3 Å². The number of nitrogens with one attached hydrogen (secondary N) is 3. The fourth-order valence-corrected chi connectivity index (χ4v) is 9.05. The molecule has 1 atom stereocenters. The molecule has 3 aromatic carbocycles. The Hall–Kier alpha value is -5.96. The van der Waals surface area contributed by atoms with E-state index in [0.717, 1.165) is 89.0 Å². The number of imide groups is 1. The Labute approximate surface area is 326 Å². The number of unbranched alkanes of at least 4 members (excludes halogenated alkanes) is 2. The Kier molecular flexibility index (Phi) is 9.64. The first kappa shape index (κ1) is 37.0. The molecule has 0 radical (unpaired) electrons. The van der Waals surface area contributed by atoms with Crippen LogP contribution in [0, 0.1) is 6.57 Å². The minimum absolute atomic E-state index is 0.0158. The monoisotopic (exact) mass is 753 g/mol. The number of aryl methyl sites for hydroxylation is 1. The number of ketones is 1.